The number of rotatable bonds is 6. The Kier molecular flexibility index (Phi) is 4.45. The first-order chi connectivity index (χ1) is 8.04. The largest absolute Gasteiger partial charge is 0.480 e. The highest BCUT2D eigenvalue weighted by Gasteiger charge is 2.11. The van der Waals surface area contributed by atoms with Gasteiger partial charge in [-0.25, -0.2) is 4.98 Å². The van der Waals surface area contributed by atoms with Crippen molar-refractivity contribution >= 4 is 17.7 Å². The van der Waals surface area contributed by atoms with Crippen LogP contribution in [0.4, 0.5) is 11.8 Å². The molecule has 0 bridgehead atoms. The molecular formula is C11H16N4O2. The van der Waals surface area contributed by atoms with Crippen molar-refractivity contribution in [3.63, 3.8) is 0 Å². The van der Waals surface area contributed by atoms with Crippen LogP contribution in [0, 0.1) is 0 Å². The number of carboxylic acids is 1. The second-order valence-corrected chi connectivity index (χ2v) is 3.67. The highest BCUT2D eigenvalue weighted by molar-refractivity contribution is 5.73. The highest BCUT2D eigenvalue weighted by Crippen LogP contribution is 2.13. The molecule has 1 N–H and O–H groups in total. The van der Waals surface area contributed by atoms with E-state index in [9.17, 15) is 4.79 Å². The molecule has 0 saturated carbocycles. The van der Waals surface area contributed by atoms with Crippen molar-refractivity contribution in [2.24, 2.45) is 0 Å². The fraction of sp³-hybridized carbons (Fsp3) is 0.364. The first-order valence-corrected chi connectivity index (χ1v) is 5.12. The number of carbonyl (C=O) groups is 1. The van der Waals surface area contributed by atoms with E-state index in [0.29, 0.717) is 18.3 Å². The van der Waals surface area contributed by atoms with E-state index in [-0.39, 0.29) is 6.54 Å². The van der Waals surface area contributed by atoms with Gasteiger partial charge in [-0.15, -0.1) is 6.58 Å². The lowest BCUT2D eigenvalue weighted by molar-refractivity contribution is -0.135. The van der Waals surface area contributed by atoms with Crippen molar-refractivity contribution < 1.29 is 9.90 Å². The molecule has 0 aliphatic rings. The lowest BCUT2D eigenvalue weighted by Crippen LogP contribution is -2.31. The van der Waals surface area contributed by atoms with E-state index in [4.69, 9.17) is 5.11 Å². The van der Waals surface area contributed by atoms with Crippen LogP contribution in [-0.4, -0.2) is 48.2 Å². The summed E-state index contributed by atoms with van der Waals surface area (Å²) < 4.78 is 0. The van der Waals surface area contributed by atoms with Crippen LogP contribution in [0.15, 0.2) is 24.9 Å². The molecule has 0 fully saturated rings. The Balaban J connectivity index is 2.96. The molecule has 0 spiro atoms. The van der Waals surface area contributed by atoms with Gasteiger partial charge in [0.25, 0.3) is 0 Å². The van der Waals surface area contributed by atoms with Crippen molar-refractivity contribution in [3.05, 3.63) is 24.9 Å². The van der Waals surface area contributed by atoms with E-state index >= 15 is 0 Å². The zero-order valence-electron chi connectivity index (χ0n) is 10.00. The van der Waals surface area contributed by atoms with Gasteiger partial charge in [0.1, 0.15) is 12.4 Å². The van der Waals surface area contributed by atoms with Gasteiger partial charge in [-0.05, 0) is 6.07 Å². The minimum atomic E-state index is -0.906. The molecule has 17 heavy (non-hydrogen) atoms. The van der Waals surface area contributed by atoms with E-state index in [1.54, 1.807) is 28.1 Å². The normalized spacial score (nSPS) is 9.76. The summed E-state index contributed by atoms with van der Waals surface area (Å²) in [7, 11) is 3.66. The predicted molar refractivity (Wildman–Crippen MR) is 66.4 cm³/mol. The Hall–Kier alpha value is -2.11. The van der Waals surface area contributed by atoms with Crippen LogP contribution >= 0.6 is 0 Å². The second kappa shape index (κ2) is 5.83. The molecule has 0 aliphatic carbocycles. The first-order valence-electron chi connectivity index (χ1n) is 5.12. The molecule has 92 valence electrons. The van der Waals surface area contributed by atoms with Crippen LogP contribution in [0.1, 0.15) is 0 Å². The summed E-state index contributed by atoms with van der Waals surface area (Å²) in [6.07, 6.45) is 3.25. The number of hydrogen-bond acceptors (Lipinski definition) is 5. The standard InChI is InChI=1S/C11H16N4O2/c1-4-7-15(8-10(16)17)9-5-6-12-11(13-9)14(2)3/h4-6H,1,7-8H2,2-3H3,(H,16,17). The summed E-state index contributed by atoms with van der Waals surface area (Å²) >= 11 is 0. The summed E-state index contributed by atoms with van der Waals surface area (Å²) in [5.74, 6) is 0.213. The van der Waals surface area contributed by atoms with Gasteiger partial charge in [0.05, 0.1) is 0 Å². The summed E-state index contributed by atoms with van der Waals surface area (Å²) in [5, 5.41) is 8.82. The summed E-state index contributed by atoms with van der Waals surface area (Å²) in [5.41, 5.74) is 0. The molecule has 1 heterocycles. The minimum Gasteiger partial charge on any atom is -0.480 e. The molecule has 1 rings (SSSR count). The monoisotopic (exact) mass is 236 g/mol. The summed E-state index contributed by atoms with van der Waals surface area (Å²) in [6.45, 7) is 3.91. The zero-order valence-corrected chi connectivity index (χ0v) is 10.00. The lowest BCUT2D eigenvalue weighted by Gasteiger charge is -2.21. The van der Waals surface area contributed by atoms with Crippen molar-refractivity contribution in [2.75, 3.05) is 37.0 Å². The maximum absolute atomic E-state index is 10.7. The van der Waals surface area contributed by atoms with Crippen LogP contribution in [0.25, 0.3) is 0 Å². The Morgan fingerprint density at radius 3 is 2.82 bits per heavy atom. The molecule has 6 heteroatoms. The topological polar surface area (TPSA) is 69.6 Å². The molecular weight excluding hydrogens is 220 g/mol. The van der Waals surface area contributed by atoms with Crippen LogP contribution in [-0.2, 0) is 4.79 Å². The maximum atomic E-state index is 10.7. The highest BCUT2D eigenvalue weighted by atomic mass is 16.4. The third-order valence-corrected chi connectivity index (χ3v) is 2.03. The third kappa shape index (κ3) is 3.75. The third-order valence-electron chi connectivity index (χ3n) is 2.03. The summed E-state index contributed by atoms with van der Waals surface area (Å²) in [6, 6.07) is 1.68. The molecule has 0 saturated heterocycles. The number of aliphatic carboxylic acids is 1. The molecule has 0 radical (unpaired) electrons. The Labute approximate surface area is 100 Å². The number of aromatic nitrogens is 2. The van der Waals surface area contributed by atoms with E-state index < -0.39 is 5.97 Å². The minimum absolute atomic E-state index is 0.115. The fourth-order valence-electron chi connectivity index (χ4n) is 1.29. The Morgan fingerprint density at radius 2 is 2.29 bits per heavy atom. The van der Waals surface area contributed by atoms with Crippen molar-refractivity contribution in [1.82, 2.24) is 9.97 Å². The SMILES string of the molecule is C=CCN(CC(=O)O)c1ccnc(N(C)C)n1. The van der Waals surface area contributed by atoms with Gasteiger partial charge in [-0.1, -0.05) is 6.08 Å². The molecule has 0 atom stereocenters. The predicted octanol–water partition coefficient (Wildman–Crippen LogP) is 0.620. The summed E-state index contributed by atoms with van der Waals surface area (Å²) in [4.78, 5) is 22.5. The number of anilines is 2. The average molecular weight is 236 g/mol. The quantitative estimate of drug-likeness (QED) is 0.730. The van der Waals surface area contributed by atoms with Crippen LogP contribution in [0.2, 0.25) is 0 Å². The van der Waals surface area contributed by atoms with Gasteiger partial charge in [0.15, 0.2) is 0 Å². The van der Waals surface area contributed by atoms with Gasteiger partial charge in [-0.3, -0.25) is 4.79 Å². The molecule has 0 unspecified atom stereocenters. The second-order valence-electron chi connectivity index (χ2n) is 3.67. The Bertz CT molecular complexity index is 406. The fourth-order valence-corrected chi connectivity index (χ4v) is 1.29. The number of nitrogens with zero attached hydrogens (tertiary/aromatic N) is 4. The van der Waals surface area contributed by atoms with Crippen molar-refractivity contribution in [1.29, 1.82) is 0 Å². The average Bonchev–Trinajstić information content (AvgIpc) is 2.28. The van der Waals surface area contributed by atoms with Crippen molar-refractivity contribution in [2.45, 2.75) is 0 Å². The number of carboxylic acid groups (broad SMARTS) is 1. The van der Waals surface area contributed by atoms with Gasteiger partial charge in [0, 0.05) is 26.8 Å². The molecule has 0 aromatic carbocycles. The smallest absolute Gasteiger partial charge is 0.323 e. The first kappa shape index (κ1) is 13.0. The Morgan fingerprint density at radius 1 is 1.59 bits per heavy atom. The number of hydrogen-bond donors (Lipinski definition) is 1. The van der Waals surface area contributed by atoms with Gasteiger partial charge >= 0.3 is 5.97 Å². The molecule has 0 aliphatic heterocycles. The molecule has 1 aromatic rings. The molecule has 0 amide bonds. The zero-order chi connectivity index (χ0) is 12.8. The van der Waals surface area contributed by atoms with Crippen LogP contribution in [0.3, 0.4) is 0 Å². The molecule has 6 nitrogen and oxygen atoms in total. The van der Waals surface area contributed by atoms with Gasteiger partial charge in [-0.2, -0.15) is 4.98 Å². The van der Waals surface area contributed by atoms with Crippen molar-refractivity contribution in [3.8, 4) is 0 Å². The van der Waals surface area contributed by atoms with E-state index in [1.165, 1.54) is 0 Å². The van der Waals surface area contributed by atoms with Crippen LogP contribution in [0.5, 0.6) is 0 Å². The van der Waals surface area contributed by atoms with Gasteiger partial charge < -0.3 is 14.9 Å². The van der Waals surface area contributed by atoms with E-state index in [2.05, 4.69) is 16.5 Å². The van der Waals surface area contributed by atoms with Gasteiger partial charge in [0.2, 0.25) is 5.95 Å². The maximum Gasteiger partial charge on any atom is 0.323 e. The van der Waals surface area contributed by atoms with E-state index in [0.717, 1.165) is 0 Å². The van der Waals surface area contributed by atoms with E-state index in [1.807, 2.05) is 14.1 Å². The lowest BCUT2D eigenvalue weighted by atomic mass is 10.4. The molecule has 1 aromatic heterocycles. The van der Waals surface area contributed by atoms with Crippen LogP contribution < -0.4 is 9.80 Å².